The van der Waals surface area contributed by atoms with Gasteiger partial charge in [-0.3, -0.25) is 0 Å². The standard InChI is InChI=1S/C19H24N2OS/c1-15-9-10-16(2)18(13-15)21-19(23)20-11-6-12-22-14-17-7-4-3-5-8-17/h3-5,7-10,13H,6,11-12,14H2,1-2H3,(H2,20,21,23). The molecule has 0 aliphatic carbocycles. The molecule has 0 saturated heterocycles. The van der Waals surface area contributed by atoms with E-state index in [1.807, 2.05) is 18.2 Å². The predicted molar refractivity (Wildman–Crippen MR) is 101 cm³/mol. The molecule has 0 aliphatic rings. The number of hydrogen-bond acceptors (Lipinski definition) is 2. The Morgan fingerprint density at radius 3 is 2.65 bits per heavy atom. The van der Waals surface area contributed by atoms with Crippen LogP contribution in [-0.2, 0) is 11.3 Å². The van der Waals surface area contributed by atoms with Gasteiger partial charge in [-0.05, 0) is 55.2 Å². The molecule has 4 heteroatoms. The van der Waals surface area contributed by atoms with E-state index in [1.54, 1.807) is 0 Å². The average Bonchev–Trinajstić information content (AvgIpc) is 2.55. The number of ether oxygens (including phenoxy) is 1. The second-order valence-electron chi connectivity index (χ2n) is 5.59. The minimum absolute atomic E-state index is 0.654. The Morgan fingerprint density at radius 2 is 1.87 bits per heavy atom. The third-order valence-corrected chi connectivity index (χ3v) is 3.75. The SMILES string of the molecule is Cc1ccc(C)c(NC(=S)NCCCOCc2ccccc2)c1. The van der Waals surface area contributed by atoms with Crippen LogP contribution in [0.4, 0.5) is 5.69 Å². The van der Waals surface area contributed by atoms with Crippen LogP contribution in [0.3, 0.4) is 0 Å². The molecule has 0 radical (unpaired) electrons. The van der Waals surface area contributed by atoms with Gasteiger partial charge in [-0.25, -0.2) is 0 Å². The first-order chi connectivity index (χ1) is 11.1. The smallest absolute Gasteiger partial charge is 0.170 e. The maximum atomic E-state index is 5.65. The van der Waals surface area contributed by atoms with Crippen molar-refractivity contribution in [2.24, 2.45) is 0 Å². The summed E-state index contributed by atoms with van der Waals surface area (Å²) in [5, 5.41) is 7.12. The predicted octanol–water partition coefficient (Wildman–Crippen LogP) is 4.20. The van der Waals surface area contributed by atoms with Crippen molar-refractivity contribution < 1.29 is 4.74 Å². The first-order valence-corrected chi connectivity index (χ1v) is 8.30. The Labute approximate surface area is 144 Å². The lowest BCUT2D eigenvalue weighted by Crippen LogP contribution is -2.30. The minimum atomic E-state index is 0.654. The van der Waals surface area contributed by atoms with Crippen LogP contribution in [-0.4, -0.2) is 18.3 Å². The van der Waals surface area contributed by atoms with Gasteiger partial charge in [0.2, 0.25) is 0 Å². The molecule has 0 amide bonds. The van der Waals surface area contributed by atoms with Crippen LogP contribution in [0, 0.1) is 13.8 Å². The lowest BCUT2D eigenvalue weighted by Gasteiger charge is -2.13. The fourth-order valence-corrected chi connectivity index (χ4v) is 2.39. The summed E-state index contributed by atoms with van der Waals surface area (Å²) >= 11 is 5.33. The van der Waals surface area contributed by atoms with Gasteiger partial charge in [-0.1, -0.05) is 42.5 Å². The fourth-order valence-electron chi connectivity index (χ4n) is 2.18. The Balaban J connectivity index is 1.60. The molecule has 0 spiro atoms. The second-order valence-corrected chi connectivity index (χ2v) is 6.00. The summed E-state index contributed by atoms with van der Waals surface area (Å²) in [6.45, 7) is 6.32. The van der Waals surface area contributed by atoms with Crippen molar-refractivity contribution in [3.05, 3.63) is 65.2 Å². The summed E-state index contributed by atoms with van der Waals surface area (Å²) in [6.07, 6.45) is 0.918. The molecule has 0 unspecified atom stereocenters. The lowest BCUT2D eigenvalue weighted by molar-refractivity contribution is 0.119. The third kappa shape index (κ3) is 6.38. The molecule has 0 atom stereocenters. The minimum Gasteiger partial charge on any atom is -0.377 e. The molecule has 2 N–H and O–H groups in total. The van der Waals surface area contributed by atoms with Gasteiger partial charge in [0.05, 0.1) is 6.61 Å². The van der Waals surface area contributed by atoms with Gasteiger partial charge in [-0.15, -0.1) is 0 Å². The summed E-state index contributed by atoms with van der Waals surface area (Å²) < 4.78 is 5.65. The van der Waals surface area contributed by atoms with Gasteiger partial charge in [0, 0.05) is 18.8 Å². The van der Waals surface area contributed by atoms with E-state index in [2.05, 4.69) is 54.8 Å². The highest BCUT2D eigenvalue weighted by molar-refractivity contribution is 7.80. The Morgan fingerprint density at radius 1 is 1.09 bits per heavy atom. The van der Waals surface area contributed by atoms with E-state index in [9.17, 15) is 0 Å². The van der Waals surface area contributed by atoms with E-state index in [1.165, 1.54) is 16.7 Å². The van der Waals surface area contributed by atoms with Crippen LogP contribution >= 0.6 is 12.2 Å². The van der Waals surface area contributed by atoms with Gasteiger partial charge in [-0.2, -0.15) is 0 Å². The number of anilines is 1. The molecule has 0 aromatic heterocycles. The van der Waals surface area contributed by atoms with Gasteiger partial charge < -0.3 is 15.4 Å². The number of thiocarbonyl (C=S) groups is 1. The summed E-state index contributed by atoms with van der Waals surface area (Å²) in [6, 6.07) is 16.5. The van der Waals surface area contributed by atoms with E-state index in [4.69, 9.17) is 17.0 Å². The highest BCUT2D eigenvalue weighted by atomic mass is 32.1. The topological polar surface area (TPSA) is 33.3 Å². The maximum absolute atomic E-state index is 5.65. The number of aryl methyl sites for hydroxylation is 2. The zero-order valence-corrected chi connectivity index (χ0v) is 14.6. The third-order valence-electron chi connectivity index (χ3n) is 3.50. The summed E-state index contributed by atoms with van der Waals surface area (Å²) in [7, 11) is 0. The molecule has 0 fully saturated rings. The van der Waals surface area contributed by atoms with Crippen molar-refractivity contribution in [2.75, 3.05) is 18.5 Å². The average molecular weight is 328 g/mol. The van der Waals surface area contributed by atoms with Gasteiger partial charge >= 0.3 is 0 Å². The van der Waals surface area contributed by atoms with E-state index in [-0.39, 0.29) is 0 Å². The Bertz CT molecular complexity index is 629. The first kappa shape index (κ1) is 17.4. The zero-order chi connectivity index (χ0) is 16.5. The molecule has 2 aromatic rings. The van der Waals surface area contributed by atoms with Crippen molar-refractivity contribution >= 4 is 23.0 Å². The van der Waals surface area contributed by atoms with Crippen molar-refractivity contribution in [2.45, 2.75) is 26.9 Å². The van der Waals surface area contributed by atoms with Crippen LogP contribution in [0.25, 0.3) is 0 Å². The van der Waals surface area contributed by atoms with Gasteiger partial charge in [0.15, 0.2) is 5.11 Å². The molecular weight excluding hydrogens is 304 g/mol. The quantitative estimate of drug-likeness (QED) is 0.589. The van der Waals surface area contributed by atoms with Gasteiger partial charge in [0.1, 0.15) is 0 Å². The van der Waals surface area contributed by atoms with Crippen molar-refractivity contribution in [3.8, 4) is 0 Å². The molecule has 23 heavy (non-hydrogen) atoms. The largest absolute Gasteiger partial charge is 0.377 e. The number of benzene rings is 2. The summed E-state index contributed by atoms with van der Waals surface area (Å²) in [5.74, 6) is 0. The van der Waals surface area contributed by atoms with E-state index < -0.39 is 0 Å². The first-order valence-electron chi connectivity index (χ1n) is 7.89. The summed E-state index contributed by atoms with van der Waals surface area (Å²) in [5.41, 5.74) is 4.66. The van der Waals surface area contributed by atoms with Crippen LogP contribution < -0.4 is 10.6 Å². The highest BCUT2D eigenvalue weighted by Crippen LogP contribution is 2.16. The molecule has 0 bridgehead atoms. The maximum Gasteiger partial charge on any atom is 0.170 e. The van der Waals surface area contributed by atoms with E-state index in [0.29, 0.717) is 18.3 Å². The normalized spacial score (nSPS) is 10.3. The van der Waals surface area contributed by atoms with Gasteiger partial charge in [0.25, 0.3) is 0 Å². The number of nitrogens with one attached hydrogen (secondary N) is 2. The van der Waals surface area contributed by atoms with Crippen LogP contribution in [0.2, 0.25) is 0 Å². The zero-order valence-electron chi connectivity index (χ0n) is 13.8. The molecule has 0 heterocycles. The fraction of sp³-hybridized carbons (Fsp3) is 0.316. The molecule has 122 valence electrons. The Hall–Kier alpha value is -1.91. The Kier molecular flexibility index (Phi) is 7.04. The van der Waals surface area contributed by atoms with E-state index in [0.717, 1.165) is 18.7 Å². The second kappa shape index (κ2) is 9.28. The molecule has 2 aromatic carbocycles. The molecule has 0 aliphatic heterocycles. The number of hydrogen-bond donors (Lipinski definition) is 2. The monoisotopic (exact) mass is 328 g/mol. The van der Waals surface area contributed by atoms with Crippen LogP contribution in [0.5, 0.6) is 0 Å². The molecular formula is C19H24N2OS. The van der Waals surface area contributed by atoms with Crippen LogP contribution in [0.1, 0.15) is 23.1 Å². The lowest BCUT2D eigenvalue weighted by atomic mass is 10.1. The van der Waals surface area contributed by atoms with E-state index >= 15 is 0 Å². The van der Waals surface area contributed by atoms with Crippen molar-refractivity contribution in [1.82, 2.24) is 5.32 Å². The summed E-state index contributed by atoms with van der Waals surface area (Å²) in [4.78, 5) is 0. The number of rotatable bonds is 7. The molecule has 3 nitrogen and oxygen atoms in total. The molecule has 0 saturated carbocycles. The van der Waals surface area contributed by atoms with Crippen molar-refractivity contribution in [1.29, 1.82) is 0 Å². The van der Waals surface area contributed by atoms with Crippen molar-refractivity contribution in [3.63, 3.8) is 0 Å². The highest BCUT2D eigenvalue weighted by Gasteiger charge is 2.01. The molecule has 2 rings (SSSR count). The van der Waals surface area contributed by atoms with Crippen LogP contribution in [0.15, 0.2) is 48.5 Å².